The van der Waals surface area contributed by atoms with Crippen molar-refractivity contribution < 1.29 is 4.79 Å². The van der Waals surface area contributed by atoms with Crippen molar-refractivity contribution in [1.29, 1.82) is 0 Å². The van der Waals surface area contributed by atoms with Gasteiger partial charge in [0.05, 0.1) is 5.52 Å². The van der Waals surface area contributed by atoms with Gasteiger partial charge in [0.25, 0.3) is 5.91 Å². The van der Waals surface area contributed by atoms with Crippen molar-refractivity contribution >= 4 is 29.2 Å². The monoisotopic (exact) mass is 305 g/mol. The number of hydrazine groups is 1. The summed E-state index contributed by atoms with van der Waals surface area (Å²) in [5, 5.41) is 1.08. The lowest BCUT2D eigenvalue weighted by atomic mass is 9.83. The minimum Gasteiger partial charge on any atom is -0.289 e. The summed E-state index contributed by atoms with van der Waals surface area (Å²) in [4.78, 5) is 16.6. The van der Waals surface area contributed by atoms with E-state index in [4.69, 9.17) is 5.84 Å². The smallest absolute Gasteiger partial charge is 0.284 e. The Kier molecular flexibility index (Phi) is 5.15. The molecule has 0 spiro atoms. The summed E-state index contributed by atoms with van der Waals surface area (Å²) < 4.78 is 0. The molecule has 1 amide bonds. The third-order valence-electron chi connectivity index (χ3n) is 4.14. The standard InChI is InChI=1S/C16H19N3O.ClH/c17-19-16(20)15-13(11-6-2-1-3-7-11)10-12-8-4-5-9-14(12)18-15;/h4-5,8-11H,1-3,6-7,17H2,(H,19,20);1H. The maximum Gasteiger partial charge on any atom is 0.284 e. The Bertz CT molecular complexity index is 638. The number of nitrogen functional groups attached to an aromatic ring is 1. The normalized spacial score (nSPS) is 15.5. The van der Waals surface area contributed by atoms with Crippen LogP contribution in [0, 0.1) is 0 Å². The van der Waals surface area contributed by atoms with Crippen molar-refractivity contribution in [2.45, 2.75) is 38.0 Å². The molecule has 1 aromatic carbocycles. The number of carbonyl (C=O) groups excluding carboxylic acids is 1. The van der Waals surface area contributed by atoms with Crippen LogP contribution in [0.15, 0.2) is 30.3 Å². The average Bonchev–Trinajstić information content (AvgIpc) is 2.53. The van der Waals surface area contributed by atoms with E-state index < -0.39 is 0 Å². The molecule has 3 rings (SSSR count). The van der Waals surface area contributed by atoms with Crippen LogP contribution in [-0.2, 0) is 0 Å². The number of nitrogens with two attached hydrogens (primary N) is 1. The summed E-state index contributed by atoms with van der Waals surface area (Å²) >= 11 is 0. The Hall–Kier alpha value is -1.65. The number of nitrogens with zero attached hydrogens (tertiary/aromatic N) is 1. The van der Waals surface area contributed by atoms with Gasteiger partial charge in [0.2, 0.25) is 0 Å². The maximum atomic E-state index is 12.0. The maximum absolute atomic E-state index is 12.0. The fraction of sp³-hybridized carbons (Fsp3) is 0.375. The zero-order valence-corrected chi connectivity index (χ0v) is 12.7. The molecule has 2 aromatic rings. The first-order valence-corrected chi connectivity index (χ1v) is 7.20. The topological polar surface area (TPSA) is 68.0 Å². The average molecular weight is 306 g/mol. The summed E-state index contributed by atoms with van der Waals surface area (Å²) in [6, 6.07) is 10.0. The summed E-state index contributed by atoms with van der Waals surface area (Å²) in [6.07, 6.45) is 5.99. The molecule has 0 atom stereocenters. The number of aromatic nitrogens is 1. The summed E-state index contributed by atoms with van der Waals surface area (Å²) in [5.74, 6) is 5.44. The van der Waals surface area contributed by atoms with Crippen LogP contribution in [-0.4, -0.2) is 10.9 Å². The molecule has 0 unspecified atom stereocenters. The molecule has 1 aromatic heterocycles. The zero-order valence-electron chi connectivity index (χ0n) is 11.8. The van der Waals surface area contributed by atoms with Gasteiger partial charge in [0.15, 0.2) is 0 Å². The van der Waals surface area contributed by atoms with Gasteiger partial charge in [-0.2, -0.15) is 0 Å². The molecule has 0 aliphatic heterocycles. The van der Waals surface area contributed by atoms with Crippen molar-refractivity contribution in [3.8, 4) is 0 Å². The fourth-order valence-electron chi connectivity index (χ4n) is 3.11. The molecule has 3 N–H and O–H groups in total. The van der Waals surface area contributed by atoms with Crippen LogP contribution in [0.1, 0.15) is 54.1 Å². The van der Waals surface area contributed by atoms with E-state index in [1.54, 1.807) is 0 Å². The number of halogens is 1. The van der Waals surface area contributed by atoms with Crippen molar-refractivity contribution in [2.24, 2.45) is 5.84 Å². The Morgan fingerprint density at radius 1 is 1.19 bits per heavy atom. The number of amides is 1. The van der Waals surface area contributed by atoms with Gasteiger partial charge in [-0.3, -0.25) is 10.2 Å². The van der Waals surface area contributed by atoms with Crippen molar-refractivity contribution in [1.82, 2.24) is 10.4 Å². The molecule has 1 aliphatic carbocycles. The van der Waals surface area contributed by atoms with Crippen molar-refractivity contribution in [3.63, 3.8) is 0 Å². The Morgan fingerprint density at radius 2 is 1.90 bits per heavy atom. The third-order valence-corrected chi connectivity index (χ3v) is 4.14. The van der Waals surface area contributed by atoms with Crippen LogP contribution in [0.5, 0.6) is 0 Å². The lowest BCUT2D eigenvalue weighted by Crippen LogP contribution is -2.32. The van der Waals surface area contributed by atoms with E-state index in [1.165, 1.54) is 19.3 Å². The van der Waals surface area contributed by atoms with Gasteiger partial charge in [0, 0.05) is 5.39 Å². The molecule has 5 heteroatoms. The number of hydrogen-bond donors (Lipinski definition) is 2. The van der Waals surface area contributed by atoms with E-state index in [0.29, 0.717) is 11.6 Å². The van der Waals surface area contributed by atoms with E-state index in [9.17, 15) is 4.79 Å². The first kappa shape index (κ1) is 15.7. The van der Waals surface area contributed by atoms with Crippen LogP contribution >= 0.6 is 12.4 Å². The number of rotatable bonds is 2. The largest absolute Gasteiger partial charge is 0.289 e. The van der Waals surface area contributed by atoms with Gasteiger partial charge in [-0.15, -0.1) is 12.4 Å². The molecule has 1 heterocycles. The first-order valence-electron chi connectivity index (χ1n) is 7.20. The molecule has 112 valence electrons. The Morgan fingerprint density at radius 3 is 2.62 bits per heavy atom. The molecular formula is C16H20ClN3O. The molecule has 0 bridgehead atoms. The number of nitrogens with one attached hydrogen (secondary N) is 1. The molecular weight excluding hydrogens is 286 g/mol. The number of benzene rings is 1. The number of para-hydroxylation sites is 1. The minimum absolute atomic E-state index is 0. The van der Waals surface area contributed by atoms with Crippen LogP contribution in [0.2, 0.25) is 0 Å². The lowest BCUT2D eigenvalue weighted by molar-refractivity contribution is 0.0947. The first-order chi connectivity index (χ1) is 9.79. The number of carbonyl (C=O) groups is 1. The summed E-state index contributed by atoms with van der Waals surface area (Å²) in [5.41, 5.74) is 4.59. The lowest BCUT2D eigenvalue weighted by Gasteiger charge is -2.23. The number of hydrogen-bond acceptors (Lipinski definition) is 3. The third kappa shape index (κ3) is 3.17. The van der Waals surface area contributed by atoms with Gasteiger partial charge < -0.3 is 0 Å². The molecule has 0 radical (unpaired) electrons. The molecule has 1 fully saturated rings. The molecule has 0 saturated heterocycles. The second kappa shape index (κ2) is 6.87. The number of fused-ring (bicyclic) bond motifs is 1. The van der Waals surface area contributed by atoms with E-state index >= 15 is 0 Å². The van der Waals surface area contributed by atoms with E-state index in [2.05, 4.69) is 16.5 Å². The highest BCUT2D eigenvalue weighted by atomic mass is 35.5. The highest BCUT2D eigenvalue weighted by molar-refractivity contribution is 5.96. The Balaban J connectivity index is 0.00000161. The van der Waals surface area contributed by atoms with Gasteiger partial charge in [-0.05, 0) is 36.5 Å². The quantitative estimate of drug-likeness (QED) is 0.508. The zero-order chi connectivity index (χ0) is 13.9. The van der Waals surface area contributed by atoms with E-state index in [-0.39, 0.29) is 18.3 Å². The van der Waals surface area contributed by atoms with E-state index in [1.807, 2.05) is 24.3 Å². The van der Waals surface area contributed by atoms with Crippen molar-refractivity contribution in [3.05, 3.63) is 41.6 Å². The van der Waals surface area contributed by atoms with Gasteiger partial charge in [-0.25, -0.2) is 10.8 Å². The second-order valence-corrected chi connectivity index (χ2v) is 5.43. The highest BCUT2D eigenvalue weighted by Gasteiger charge is 2.23. The second-order valence-electron chi connectivity index (χ2n) is 5.43. The van der Waals surface area contributed by atoms with Gasteiger partial charge in [-0.1, -0.05) is 37.5 Å². The summed E-state index contributed by atoms with van der Waals surface area (Å²) in [7, 11) is 0. The Labute approximate surface area is 130 Å². The predicted octanol–water partition coefficient (Wildman–Crippen LogP) is 3.31. The van der Waals surface area contributed by atoms with Crippen LogP contribution in [0.3, 0.4) is 0 Å². The molecule has 4 nitrogen and oxygen atoms in total. The predicted molar refractivity (Wildman–Crippen MR) is 86.5 cm³/mol. The highest BCUT2D eigenvalue weighted by Crippen LogP contribution is 2.35. The number of pyridine rings is 1. The summed E-state index contributed by atoms with van der Waals surface area (Å²) in [6.45, 7) is 0. The minimum atomic E-state index is -0.295. The molecule has 21 heavy (non-hydrogen) atoms. The van der Waals surface area contributed by atoms with Gasteiger partial charge in [0.1, 0.15) is 5.69 Å². The fourth-order valence-corrected chi connectivity index (χ4v) is 3.11. The van der Waals surface area contributed by atoms with Crippen molar-refractivity contribution in [2.75, 3.05) is 0 Å². The van der Waals surface area contributed by atoms with Gasteiger partial charge >= 0.3 is 0 Å². The molecule has 1 saturated carbocycles. The van der Waals surface area contributed by atoms with E-state index in [0.717, 1.165) is 29.3 Å². The SMILES string of the molecule is Cl.NNC(=O)c1nc2ccccc2cc1C1CCCCC1. The van der Waals surface area contributed by atoms with Crippen LogP contribution < -0.4 is 11.3 Å². The van der Waals surface area contributed by atoms with Crippen LogP contribution in [0.25, 0.3) is 10.9 Å². The van der Waals surface area contributed by atoms with Crippen LogP contribution in [0.4, 0.5) is 0 Å². The molecule has 1 aliphatic rings.